The fraction of sp³-hybridized carbons (Fsp3) is 0.700. The van der Waals surface area contributed by atoms with Gasteiger partial charge in [0.2, 0.25) is 0 Å². The Labute approximate surface area is 99.3 Å². The van der Waals surface area contributed by atoms with Crippen LogP contribution in [-0.4, -0.2) is 31.1 Å². The molecule has 0 aliphatic carbocycles. The first-order valence-electron chi connectivity index (χ1n) is 5.29. The lowest BCUT2D eigenvalue weighted by molar-refractivity contribution is -0.136. The Hall–Kier alpha value is -1.04. The molecule has 0 saturated heterocycles. The lowest BCUT2D eigenvalue weighted by atomic mass is 10.3. The van der Waals surface area contributed by atoms with E-state index in [4.69, 9.17) is 5.11 Å². The largest absolute Gasteiger partial charge is 0.480 e. The van der Waals surface area contributed by atoms with E-state index in [1.165, 1.54) is 18.1 Å². The van der Waals surface area contributed by atoms with Gasteiger partial charge in [0.05, 0.1) is 5.75 Å². The molecule has 1 rings (SSSR count). The summed E-state index contributed by atoms with van der Waals surface area (Å²) in [6.07, 6.45) is 2.13. The Morgan fingerprint density at radius 1 is 1.62 bits per heavy atom. The van der Waals surface area contributed by atoms with Gasteiger partial charge in [-0.2, -0.15) is 5.10 Å². The van der Waals surface area contributed by atoms with Gasteiger partial charge >= 0.3 is 5.97 Å². The summed E-state index contributed by atoms with van der Waals surface area (Å²) in [4.78, 5) is 15.0. The highest BCUT2D eigenvalue weighted by molar-refractivity contribution is 7.99. The average Bonchev–Trinajstić information content (AvgIpc) is 2.66. The summed E-state index contributed by atoms with van der Waals surface area (Å²) >= 11 is 1.40. The maximum absolute atomic E-state index is 10.8. The molecule has 5 nitrogen and oxygen atoms in total. The molecule has 1 heterocycles. The van der Waals surface area contributed by atoms with Crippen LogP contribution in [0, 0.1) is 0 Å². The summed E-state index contributed by atoms with van der Waals surface area (Å²) in [6.45, 7) is 5.92. The van der Waals surface area contributed by atoms with Crippen molar-refractivity contribution in [3.63, 3.8) is 0 Å². The standard InChI is InChI=1S/C10H17N3O2S/c1-4-8(10(14)15)16-5-9-11-6-12-13(9)7(2)3/h6-8H,4-5H2,1-3H3,(H,14,15). The molecule has 1 N–H and O–H groups in total. The molecule has 0 aliphatic rings. The minimum Gasteiger partial charge on any atom is -0.480 e. The molecule has 1 aromatic heterocycles. The van der Waals surface area contributed by atoms with Crippen LogP contribution in [0.2, 0.25) is 0 Å². The molecule has 0 aromatic carbocycles. The Balaban J connectivity index is 2.60. The Morgan fingerprint density at radius 3 is 2.81 bits per heavy atom. The molecule has 16 heavy (non-hydrogen) atoms. The van der Waals surface area contributed by atoms with Crippen LogP contribution in [0.4, 0.5) is 0 Å². The van der Waals surface area contributed by atoms with Crippen molar-refractivity contribution < 1.29 is 9.90 Å². The molecule has 90 valence electrons. The molecule has 0 spiro atoms. The van der Waals surface area contributed by atoms with E-state index in [9.17, 15) is 4.79 Å². The van der Waals surface area contributed by atoms with Gasteiger partial charge in [0.1, 0.15) is 17.4 Å². The molecule has 0 fully saturated rings. The number of nitrogens with zero attached hydrogens (tertiary/aromatic N) is 3. The van der Waals surface area contributed by atoms with E-state index >= 15 is 0 Å². The van der Waals surface area contributed by atoms with Gasteiger partial charge in [-0.25, -0.2) is 9.67 Å². The maximum atomic E-state index is 10.8. The molecule has 0 aliphatic heterocycles. The second-order valence-electron chi connectivity index (χ2n) is 3.76. The summed E-state index contributed by atoms with van der Waals surface area (Å²) in [6, 6.07) is 0.253. The highest BCUT2D eigenvalue weighted by atomic mass is 32.2. The van der Waals surface area contributed by atoms with E-state index in [-0.39, 0.29) is 11.3 Å². The third kappa shape index (κ3) is 3.23. The van der Waals surface area contributed by atoms with E-state index < -0.39 is 5.97 Å². The third-order valence-corrected chi connectivity index (χ3v) is 3.56. The number of carbonyl (C=O) groups is 1. The Morgan fingerprint density at radius 2 is 2.31 bits per heavy atom. The fourth-order valence-corrected chi connectivity index (χ4v) is 2.28. The third-order valence-electron chi connectivity index (χ3n) is 2.20. The van der Waals surface area contributed by atoms with Gasteiger partial charge in [-0.3, -0.25) is 4.79 Å². The summed E-state index contributed by atoms with van der Waals surface area (Å²) in [5.41, 5.74) is 0. The van der Waals surface area contributed by atoms with E-state index in [0.717, 1.165) is 5.82 Å². The van der Waals surface area contributed by atoms with E-state index in [1.54, 1.807) is 0 Å². The molecular formula is C10H17N3O2S. The van der Waals surface area contributed by atoms with E-state index in [1.807, 2.05) is 25.5 Å². The van der Waals surface area contributed by atoms with Crippen molar-refractivity contribution in [2.24, 2.45) is 0 Å². The van der Waals surface area contributed by atoms with Crippen LogP contribution < -0.4 is 0 Å². The Kier molecular flexibility index (Phi) is 4.79. The highest BCUT2D eigenvalue weighted by Crippen LogP contribution is 2.20. The molecule has 6 heteroatoms. The van der Waals surface area contributed by atoms with E-state index in [2.05, 4.69) is 10.1 Å². The smallest absolute Gasteiger partial charge is 0.316 e. The van der Waals surface area contributed by atoms with Crippen LogP contribution in [0.5, 0.6) is 0 Å². The fourth-order valence-electron chi connectivity index (χ4n) is 1.35. The maximum Gasteiger partial charge on any atom is 0.316 e. The van der Waals surface area contributed by atoms with Crippen LogP contribution in [0.3, 0.4) is 0 Å². The number of aliphatic carboxylic acids is 1. The first-order valence-corrected chi connectivity index (χ1v) is 6.33. The minimum atomic E-state index is -0.761. The van der Waals surface area contributed by atoms with Gasteiger partial charge in [-0.1, -0.05) is 6.92 Å². The minimum absolute atomic E-state index is 0.253. The van der Waals surface area contributed by atoms with Crippen LogP contribution in [0.25, 0.3) is 0 Å². The number of hydrogen-bond donors (Lipinski definition) is 1. The van der Waals surface area contributed by atoms with Crippen molar-refractivity contribution >= 4 is 17.7 Å². The number of hydrogen-bond acceptors (Lipinski definition) is 4. The number of aromatic nitrogens is 3. The van der Waals surface area contributed by atoms with E-state index in [0.29, 0.717) is 12.2 Å². The van der Waals surface area contributed by atoms with Gasteiger partial charge in [0.25, 0.3) is 0 Å². The van der Waals surface area contributed by atoms with Crippen LogP contribution in [0.15, 0.2) is 6.33 Å². The van der Waals surface area contributed by atoms with Crippen molar-refractivity contribution in [1.29, 1.82) is 0 Å². The van der Waals surface area contributed by atoms with Crippen molar-refractivity contribution in [2.75, 3.05) is 0 Å². The zero-order chi connectivity index (χ0) is 12.1. The number of carboxylic acid groups (broad SMARTS) is 1. The summed E-state index contributed by atoms with van der Waals surface area (Å²) in [5, 5.41) is 12.7. The van der Waals surface area contributed by atoms with Gasteiger partial charge < -0.3 is 5.11 Å². The predicted octanol–water partition coefficient (Wildman–Crippen LogP) is 1.96. The van der Waals surface area contributed by atoms with Gasteiger partial charge in [-0.15, -0.1) is 11.8 Å². The van der Waals surface area contributed by atoms with Crippen molar-refractivity contribution in [1.82, 2.24) is 14.8 Å². The number of carboxylic acids is 1. The van der Waals surface area contributed by atoms with Crippen LogP contribution in [-0.2, 0) is 10.5 Å². The van der Waals surface area contributed by atoms with Gasteiger partial charge in [0, 0.05) is 6.04 Å². The van der Waals surface area contributed by atoms with Gasteiger partial charge in [0.15, 0.2) is 0 Å². The van der Waals surface area contributed by atoms with Crippen molar-refractivity contribution in [2.45, 2.75) is 44.2 Å². The molecular weight excluding hydrogens is 226 g/mol. The summed E-state index contributed by atoms with van der Waals surface area (Å²) in [7, 11) is 0. The molecule has 0 bridgehead atoms. The second-order valence-corrected chi connectivity index (χ2v) is 4.95. The zero-order valence-corrected chi connectivity index (χ0v) is 10.6. The molecule has 0 saturated carbocycles. The Bertz CT molecular complexity index is 352. The monoisotopic (exact) mass is 243 g/mol. The lowest BCUT2D eigenvalue weighted by Crippen LogP contribution is -2.16. The zero-order valence-electron chi connectivity index (χ0n) is 9.75. The molecule has 1 atom stereocenters. The number of rotatable bonds is 6. The summed E-state index contributed by atoms with van der Waals surface area (Å²) < 4.78 is 1.82. The second kappa shape index (κ2) is 5.89. The van der Waals surface area contributed by atoms with Crippen molar-refractivity contribution in [3.05, 3.63) is 12.2 Å². The lowest BCUT2D eigenvalue weighted by Gasteiger charge is -2.11. The molecule has 1 unspecified atom stereocenters. The first kappa shape index (κ1) is 13.0. The summed E-state index contributed by atoms with van der Waals surface area (Å²) in [5.74, 6) is 0.658. The predicted molar refractivity (Wildman–Crippen MR) is 63.4 cm³/mol. The first-order chi connectivity index (χ1) is 7.56. The highest BCUT2D eigenvalue weighted by Gasteiger charge is 2.17. The average molecular weight is 243 g/mol. The number of thioether (sulfide) groups is 1. The normalized spacial score (nSPS) is 13.0. The van der Waals surface area contributed by atoms with Crippen LogP contribution >= 0.6 is 11.8 Å². The molecule has 0 amide bonds. The SMILES string of the molecule is CCC(SCc1ncnn1C(C)C)C(=O)O. The van der Waals surface area contributed by atoms with Gasteiger partial charge in [-0.05, 0) is 20.3 Å². The quantitative estimate of drug-likeness (QED) is 0.827. The van der Waals surface area contributed by atoms with Crippen molar-refractivity contribution in [3.8, 4) is 0 Å². The topological polar surface area (TPSA) is 68.0 Å². The molecule has 0 radical (unpaired) electrons. The van der Waals surface area contributed by atoms with Crippen LogP contribution in [0.1, 0.15) is 39.1 Å². The molecule has 1 aromatic rings.